The lowest BCUT2D eigenvalue weighted by atomic mass is 9.98. The van der Waals surface area contributed by atoms with Crippen molar-refractivity contribution in [1.29, 1.82) is 0 Å². The van der Waals surface area contributed by atoms with Crippen molar-refractivity contribution in [3.05, 3.63) is 59.7 Å². The Labute approximate surface area is 116 Å². The number of ether oxygens (including phenoxy) is 1. The van der Waals surface area contributed by atoms with Gasteiger partial charge in [-0.2, -0.15) is 0 Å². The second-order valence-corrected chi connectivity index (χ2v) is 4.30. The molecule has 4 heteroatoms. The van der Waals surface area contributed by atoms with Crippen LogP contribution < -0.4 is 0 Å². The van der Waals surface area contributed by atoms with E-state index in [4.69, 9.17) is 9.84 Å². The van der Waals surface area contributed by atoms with Crippen LogP contribution in [0.25, 0.3) is 11.1 Å². The van der Waals surface area contributed by atoms with Gasteiger partial charge in [0.1, 0.15) is 0 Å². The SMILES string of the molecule is COC(=O)c1ccccc1-c1ccc(CC(=O)O)cc1. The summed E-state index contributed by atoms with van der Waals surface area (Å²) in [7, 11) is 1.34. The second kappa shape index (κ2) is 6.02. The lowest BCUT2D eigenvalue weighted by Crippen LogP contribution is -2.03. The third-order valence-electron chi connectivity index (χ3n) is 2.95. The number of carbonyl (C=O) groups is 2. The van der Waals surface area contributed by atoms with Gasteiger partial charge in [0, 0.05) is 0 Å². The number of aliphatic carboxylic acids is 1. The number of carbonyl (C=O) groups excluding carboxylic acids is 1. The third kappa shape index (κ3) is 3.03. The fourth-order valence-corrected chi connectivity index (χ4v) is 2.00. The lowest BCUT2D eigenvalue weighted by Gasteiger charge is -2.08. The number of methoxy groups -OCH3 is 1. The summed E-state index contributed by atoms with van der Waals surface area (Å²) in [5.74, 6) is -1.26. The van der Waals surface area contributed by atoms with Crippen molar-refractivity contribution in [3.8, 4) is 11.1 Å². The quantitative estimate of drug-likeness (QED) is 0.868. The number of rotatable bonds is 4. The summed E-state index contributed by atoms with van der Waals surface area (Å²) in [6.07, 6.45) is -0.0150. The van der Waals surface area contributed by atoms with Crippen molar-refractivity contribution in [2.75, 3.05) is 7.11 Å². The lowest BCUT2D eigenvalue weighted by molar-refractivity contribution is -0.136. The average Bonchev–Trinajstić information content (AvgIpc) is 2.46. The predicted molar refractivity (Wildman–Crippen MR) is 74.6 cm³/mol. The number of carboxylic acid groups (broad SMARTS) is 1. The van der Waals surface area contributed by atoms with E-state index in [9.17, 15) is 9.59 Å². The van der Waals surface area contributed by atoms with E-state index in [1.165, 1.54) is 7.11 Å². The molecule has 0 radical (unpaired) electrons. The Kier molecular flexibility index (Phi) is 4.15. The molecule has 0 aromatic heterocycles. The summed E-state index contributed by atoms with van der Waals surface area (Å²) in [5.41, 5.74) is 2.82. The Bertz CT molecular complexity index is 629. The van der Waals surface area contributed by atoms with Gasteiger partial charge in [0.2, 0.25) is 0 Å². The molecule has 20 heavy (non-hydrogen) atoms. The molecule has 4 nitrogen and oxygen atoms in total. The number of hydrogen-bond acceptors (Lipinski definition) is 3. The first-order valence-electron chi connectivity index (χ1n) is 6.10. The van der Waals surface area contributed by atoms with Crippen LogP contribution in [0.15, 0.2) is 48.5 Å². The van der Waals surface area contributed by atoms with Gasteiger partial charge in [-0.3, -0.25) is 4.79 Å². The van der Waals surface area contributed by atoms with E-state index in [1.54, 1.807) is 36.4 Å². The van der Waals surface area contributed by atoms with Crippen LogP contribution in [-0.4, -0.2) is 24.2 Å². The molecule has 2 rings (SSSR count). The third-order valence-corrected chi connectivity index (χ3v) is 2.95. The normalized spacial score (nSPS) is 10.1. The maximum Gasteiger partial charge on any atom is 0.338 e. The fraction of sp³-hybridized carbons (Fsp3) is 0.125. The first kappa shape index (κ1) is 13.8. The summed E-state index contributed by atoms with van der Waals surface area (Å²) in [6.45, 7) is 0. The van der Waals surface area contributed by atoms with Gasteiger partial charge in [0.05, 0.1) is 19.1 Å². The highest BCUT2D eigenvalue weighted by Gasteiger charge is 2.12. The van der Waals surface area contributed by atoms with Gasteiger partial charge in [0.15, 0.2) is 0 Å². The van der Waals surface area contributed by atoms with Gasteiger partial charge >= 0.3 is 11.9 Å². The van der Waals surface area contributed by atoms with Gasteiger partial charge < -0.3 is 9.84 Å². The molecule has 0 fully saturated rings. The first-order valence-corrected chi connectivity index (χ1v) is 6.10. The zero-order valence-electron chi connectivity index (χ0n) is 11.0. The first-order chi connectivity index (χ1) is 9.61. The van der Waals surface area contributed by atoms with E-state index < -0.39 is 11.9 Å². The molecule has 0 aliphatic carbocycles. The zero-order chi connectivity index (χ0) is 14.5. The van der Waals surface area contributed by atoms with Crippen LogP contribution >= 0.6 is 0 Å². The van der Waals surface area contributed by atoms with Gasteiger partial charge in [-0.15, -0.1) is 0 Å². The Morgan fingerprint density at radius 3 is 2.30 bits per heavy atom. The zero-order valence-corrected chi connectivity index (χ0v) is 11.0. The predicted octanol–water partition coefficient (Wildman–Crippen LogP) is 2.77. The standard InChI is InChI=1S/C16H14O4/c1-20-16(19)14-5-3-2-4-13(14)12-8-6-11(7-9-12)10-15(17)18/h2-9H,10H2,1H3,(H,17,18). The van der Waals surface area contributed by atoms with Crippen LogP contribution in [0, 0.1) is 0 Å². The molecule has 0 saturated carbocycles. The van der Waals surface area contributed by atoms with Crippen LogP contribution in [-0.2, 0) is 16.0 Å². The molecule has 0 bridgehead atoms. The van der Waals surface area contributed by atoms with Crippen LogP contribution in [0.3, 0.4) is 0 Å². The minimum Gasteiger partial charge on any atom is -0.481 e. The Balaban J connectivity index is 2.37. The van der Waals surface area contributed by atoms with Crippen LogP contribution in [0.5, 0.6) is 0 Å². The Morgan fingerprint density at radius 2 is 1.70 bits per heavy atom. The fourth-order valence-electron chi connectivity index (χ4n) is 2.00. The smallest absolute Gasteiger partial charge is 0.338 e. The number of benzene rings is 2. The monoisotopic (exact) mass is 270 g/mol. The topological polar surface area (TPSA) is 63.6 Å². The van der Waals surface area contributed by atoms with Gasteiger partial charge in [-0.1, -0.05) is 42.5 Å². The van der Waals surface area contributed by atoms with Crippen molar-refractivity contribution in [2.24, 2.45) is 0 Å². The number of carboxylic acids is 1. The summed E-state index contributed by atoms with van der Waals surface area (Å²) >= 11 is 0. The van der Waals surface area contributed by atoms with E-state index in [-0.39, 0.29) is 6.42 Å². The average molecular weight is 270 g/mol. The van der Waals surface area contributed by atoms with E-state index in [2.05, 4.69) is 0 Å². The summed E-state index contributed by atoms with van der Waals surface area (Å²) < 4.78 is 4.76. The van der Waals surface area contributed by atoms with Gasteiger partial charge in [-0.25, -0.2) is 4.79 Å². The van der Waals surface area contributed by atoms with Crippen molar-refractivity contribution in [3.63, 3.8) is 0 Å². The molecular weight excluding hydrogens is 256 g/mol. The highest BCUT2D eigenvalue weighted by atomic mass is 16.5. The van der Waals surface area contributed by atoms with Crippen LogP contribution in [0.2, 0.25) is 0 Å². The van der Waals surface area contributed by atoms with Gasteiger partial charge in [-0.05, 0) is 22.8 Å². The molecule has 0 unspecified atom stereocenters. The molecule has 0 atom stereocenters. The van der Waals surface area contributed by atoms with Crippen LogP contribution in [0.1, 0.15) is 15.9 Å². The minimum absolute atomic E-state index is 0.0150. The summed E-state index contributed by atoms with van der Waals surface area (Å²) in [6, 6.07) is 14.3. The number of hydrogen-bond donors (Lipinski definition) is 1. The molecule has 0 amide bonds. The molecule has 0 heterocycles. The maximum atomic E-state index is 11.7. The van der Waals surface area contributed by atoms with E-state index >= 15 is 0 Å². The number of esters is 1. The molecule has 1 N–H and O–H groups in total. The van der Waals surface area contributed by atoms with Crippen molar-refractivity contribution < 1.29 is 19.4 Å². The van der Waals surface area contributed by atoms with Gasteiger partial charge in [0.25, 0.3) is 0 Å². The highest BCUT2D eigenvalue weighted by Crippen LogP contribution is 2.24. The highest BCUT2D eigenvalue weighted by molar-refractivity contribution is 5.97. The largest absolute Gasteiger partial charge is 0.481 e. The van der Waals surface area contributed by atoms with E-state index in [1.807, 2.05) is 12.1 Å². The summed E-state index contributed by atoms with van der Waals surface area (Å²) in [4.78, 5) is 22.4. The van der Waals surface area contributed by atoms with Crippen molar-refractivity contribution in [1.82, 2.24) is 0 Å². The molecular formula is C16H14O4. The molecule has 0 saturated heterocycles. The molecule has 0 spiro atoms. The Hall–Kier alpha value is -2.62. The molecule has 2 aromatic rings. The second-order valence-electron chi connectivity index (χ2n) is 4.30. The van der Waals surface area contributed by atoms with Crippen molar-refractivity contribution >= 4 is 11.9 Å². The molecule has 2 aromatic carbocycles. The van der Waals surface area contributed by atoms with E-state index in [0.29, 0.717) is 5.56 Å². The van der Waals surface area contributed by atoms with Crippen molar-refractivity contribution in [2.45, 2.75) is 6.42 Å². The van der Waals surface area contributed by atoms with Crippen LogP contribution in [0.4, 0.5) is 0 Å². The maximum absolute atomic E-state index is 11.7. The Morgan fingerprint density at radius 1 is 1.05 bits per heavy atom. The van der Waals surface area contributed by atoms with E-state index in [0.717, 1.165) is 16.7 Å². The molecule has 0 aliphatic rings. The summed E-state index contributed by atoms with van der Waals surface area (Å²) in [5, 5.41) is 8.74. The minimum atomic E-state index is -0.868. The molecule has 0 aliphatic heterocycles. The molecule has 102 valence electrons.